The van der Waals surface area contributed by atoms with E-state index in [1.54, 1.807) is 0 Å². The molecule has 1 atom stereocenters. The number of carboxylic acid groups (broad SMARTS) is 1. The van der Waals surface area contributed by atoms with Crippen molar-refractivity contribution in [1.82, 2.24) is 4.90 Å². The first-order chi connectivity index (χ1) is 10.5. The Morgan fingerprint density at radius 3 is 2.95 bits per heavy atom. The highest BCUT2D eigenvalue weighted by atomic mass is 35.5. The number of hydrogen-bond donors (Lipinski definition) is 1. The van der Waals surface area contributed by atoms with E-state index in [0.29, 0.717) is 12.3 Å². The molecule has 0 aromatic heterocycles. The normalized spacial score (nSPS) is 18.1. The second-order valence-corrected chi connectivity index (χ2v) is 5.12. The zero-order chi connectivity index (χ0) is 16.1. The van der Waals surface area contributed by atoms with Gasteiger partial charge in [-0.05, 0) is 18.2 Å². The summed E-state index contributed by atoms with van der Waals surface area (Å²) in [5.74, 6) is -1.50. The van der Waals surface area contributed by atoms with E-state index in [0.717, 1.165) is 6.07 Å². The van der Waals surface area contributed by atoms with Crippen LogP contribution in [0.2, 0.25) is 5.02 Å². The summed E-state index contributed by atoms with van der Waals surface area (Å²) in [5.41, 5.74) is 0. The molecule has 0 radical (unpaired) electrons. The Bertz CT molecular complexity index is 568. The predicted octanol–water partition coefficient (Wildman–Crippen LogP) is 1.56. The van der Waals surface area contributed by atoms with Gasteiger partial charge in [-0.1, -0.05) is 11.6 Å². The summed E-state index contributed by atoms with van der Waals surface area (Å²) in [6.45, 7) is 0.623. The molecule has 1 fully saturated rings. The first-order valence-electron chi connectivity index (χ1n) is 6.67. The molecule has 8 heteroatoms. The largest absolute Gasteiger partial charge is 0.491 e. The number of carbonyl (C=O) groups excluding carboxylic acids is 1. The van der Waals surface area contributed by atoms with Gasteiger partial charge < -0.3 is 19.5 Å². The van der Waals surface area contributed by atoms with Crippen molar-refractivity contribution in [3.63, 3.8) is 0 Å². The fraction of sp³-hybridized carbons (Fsp3) is 0.429. The minimum atomic E-state index is -1.09. The molecule has 1 aromatic rings. The number of benzene rings is 1. The topological polar surface area (TPSA) is 76.1 Å². The lowest BCUT2D eigenvalue weighted by Crippen LogP contribution is -2.48. The van der Waals surface area contributed by atoms with E-state index in [9.17, 15) is 14.0 Å². The molecule has 1 aromatic carbocycles. The molecule has 22 heavy (non-hydrogen) atoms. The highest BCUT2D eigenvalue weighted by Crippen LogP contribution is 2.24. The average Bonchev–Trinajstić information content (AvgIpc) is 2.49. The number of halogens is 2. The average molecular weight is 332 g/mol. The quantitative estimate of drug-likeness (QED) is 0.886. The summed E-state index contributed by atoms with van der Waals surface area (Å²) >= 11 is 5.81. The van der Waals surface area contributed by atoms with E-state index < -0.39 is 17.9 Å². The van der Waals surface area contributed by atoms with Crippen LogP contribution in [0.25, 0.3) is 0 Å². The Morgan fingerprint density at radius 2 is 2.27 bits per heavy atom. The Labute approximate surface area is 131 Å². The lowest BCUT2D eigenvalue weighted by Gasteiger charge is -2.30. The van der Waals surface area contributed by atoms with Gasteiger partial charge in [0.15, 0.2) is 6.10 Å². The maximum Gasteiger partial charge on any atom is 0.334 e. The van der Waals surface area contributed by atoms with E-state index >= 15 is 0 Å². The van der Waals surface area contributed by atoms with Crippen molar-refractivity contribution in [3.05, 3.63) is 29.0 Å². The van der Waals surface area contributed by atoms with Crippen LogP contribution in [0.4, 0.5) is 4.39 Å². The minimum Gasteiger partial charge on any atom is -0.491 e. The smallest absolute Gasteiger partial charge is 0.334 e. The number of morpholine rings is 1. The molecular formula is C14H15ClFNO5. The van der Waals surface area contributed by atoms with E-state index in [4.69, 9.17) is 26.2 Å². The Kier molecular flexibility index (Phi) is 5.57. The predicted molar refractivity (Wildman–Crippen MR) is 75.5 cm³/mol. The Morgan fingerprint density at radius 1 is 1.50 bits per heavy atom. The van der Waals surface area contributed by atoms with Gasteiger partial charge in [0.1, 0.15) is 11.6 Å². The molecule has 0 spiro atoms. The Balaban J connectivity index is 1.81. The Hall–Kier alpha value is -1.86. The standard InChI is InChI=1S/C14H15ClFNO5/c15-10-7-9(16)1-2-11(10)21-5-3-13(18)17-4-6-22-12(8-17)14(19)20/h1-2,7,12H,3-6,8H2,(H,19,20)/t12-/m1/s1. The van der Waals surface area contributed by atoms with Crippen molar-refractivity contribution in [2.45, 2.75) is 12.5 Å². The minimum absolute atomic E-state index is 0.0193. The van der Waals surface area contributed by atoms with Gasteiger partial charge >= 0.3 is 5.97 Å². The van der Waals surface area contributed by atoms with Gasteiger partial charge in [-0.15, -0.1) is 0 Å². The molecule has 120 valence electrons. The van der Waals surface area contributed by atoms with Crippen LogP contribution in [0.3, 0.4) is 0 Å². The van der Waals surface area contributed by atoms with Crippen LogP contribution >= 0.6 is 11.6 Å². The summed E-state index contributed by atoms with van der Waals surface area (Å²) in [6, 6.07) is 3.72. The molecule has 1 heterocycles. The van der Waals surface area contributed by atoms with Gasteiger partial charge in [-0.25, -0.2) is 9.18 Å². The second-order valence-electron chi connectivity index (χ2n) is 4.71. The van der Waals surface area contributed by atoms with Crippen LogP contribution < -0.4 is 4.74 Å². The maximum atomic E-state index is 12.9. The third kappa shape index (κ3) is 4.32. The van der Waals surface area contributed by atoms with Crippen LogP contribution in [-0.2, 0) is 14.3 Å². The zero-order valence-corrected chi connectivity index (χ0v) is 12.4. The van der Waals surface area contributed by atoms with Crippen LogP contribution in [0.5, 0.6) is 5.75 Å². The molecule has 2 rings (SSSR count). The number of rotatable bonds is 5. The fourth-order valence-corrected chi connectivity index (χ4v) is 2.25. The summed E-state index contributed by atoms with van der Waals surface area (Å²) in [5, 5.41) is 9.01. The molecule has 0 aliphatic carbocycles. The van der Waals surface area contributed by atoms with Crippen LogP contribution in [-0.4, -0.2) is 54.3 Å². The highest BCUT2D eigenvalue weighted by Gasteiger charge is 2.28. The SMILES string of the molecule is O=C(O)[C@H]1CN(C(=O)CCOc2ccc(F)cc2Cl)CCO1. The maximum absolute atomic E-state index is 12.9. The van der Waals surface area contributed by atoms with Crippen LogP contribution in [0.15, 0.2) is 18.2 Å². The highest BCUT2D eigenvalue weighted by molar-refractivity contribution is 6.32. The van der Waals surface area contributed by atoms with Crippen LogP contribution in [0, 0.1) is 5.82 Å². The lowest BCUT2D eigenvalue weighted by molar-refractivity contribution is -0.159. The van der Waals surface area contributed by atoms with Crippen molar-refractivity contribution in [2.75, 3.05) is 26.3 Å². The molecule has 0 unspecified atom stereocenters. The number of carboxylic acids is 1. The van der Waals surface area contributed by atoms with Crippen molar-refractivity contribution in [1.29, 1.82) is 0 Å². The van der Waals surface area contributed by atoms with Crippen molar-refractivity contribution >= 4 is 23.5 Å². The van der Waals surface area contributed by atoms with Gasteiger partial charge in [0, 0.05) is 6.54 Å². The summed E-state index contributed by atoms with van der Waals surface area (Å²) in [6.07, 6.45) is -0.926. The van der Waals surface area contributed by atoms with E-state index in [-0.39, 0.29) is 37.1 Å². The molecule has 6 nitrogen and oxygen atoms in total. The third-order valence-electron chi connectivity index (χ3n) is 3.16. The monoisotopic (exact) mass is 331 g/mol. The van der Waals surface area contributed by atoms with Crippen molar-refractivity contribution in [2.24, 2.45) is 0 Å². The summed E-state index contributed by atoms with van der Waals surface area (Å²) < 4.78 is 23.3. The first kappa shape index (κ1) is 16.5. The van der Waals surface area contributed by atoms with Gasteiger partial charge in [-0.2, -0.15) is 0 Å². The molecule has 1 saturated heterocycles. The molecule has 1 aliphatic heterocycles. The molecule has 1 amide bonds. The number of hydrogen-bond acceptors (Lipinski definition) is 4. The lowest BCUT2D eigenvalue weighted by atomic mass is 10.2. The summed E-state index contributed by atoms with van der Waals surface area (Å²) in [4.78, 5) is 24.3. The number of aliphatic carboxylic acids is 1. The fourth-order valence-electron chi connectivity index (χ4n) is 2.02. The molecular weight excluding hydrogens is 317 g/mol. The van der Waals surface area contributed by atoms with Crippen LogP contribution in [0.1, 0.15) is 6.42 Å². The number of ether oxygens (including phenoxy) is 2. The third-order valence-corrected chi connectivity index (χ3v) is 3.46. The number of nitrogens with zero attached hydrogens (tertiary/aromatic N) is 1. The summed E-state index contributed by atoms with van der Waals surface area (Å²) in [7, 11) is 0. The molecule has 1 N–H and O–H groups in total. The second kappa shape index (κ2) is 7.42. The molecule has 0 saturated carbocycles. The number of amides is 1. The molecule has 0 bridgehead atoms. The van der Waals surface area contributed by atoms with E-state index in [1.165, 1.54) is 17.0 Å². The van der Waals surface area contributed by atoms with Crippen molar-refractivity contribution in [3.8, 4) is 5.75 Å². The first-order valence-corrected chi connectivity index (χ1v) is 7.05. The zero-order valence-electron chi connectivity index (χ0n) is 11.6. The van der Waals surface area contributed by atoms with Gasteiger partial charge in [0.2, 0.25) is 5.91 Å². The van der Waals surface area contributed by atoms with E-state index in [1.807, 2.05) is 0 Å². The number of carbonyl (C=O) groups is 2. The molecule has 1 aliphatic rings. The van der Waals surface area contributed by atoms with Gasteiger partial charge in [0.05, 0.1) is 31.2 Å². The van der Waals surface area contributed by atoms with E-state index in [2.05, 4.69) is 0 Å². The van der Waals surface area contributed by atoms with Gasteiger partial charge in [-0.3, -0.25) is 4.79 Å². The van der Waals surface area contributed by atoms with Gasteiger partial charge in [0.25, 0.3) is 0 Å². The van der Waals surface area contributed by atoms with Crippen molar-refractivity contribution < 1.29 is 28.6 Å².